The SMILES string of the molecule is CC(C)(C)C(=O)N1CCCC(C(=O)N2CCN(S(=O)(=O)c3ccc(Cl)c(Cl)c3)CC2)C1. The van der Waals surface area contributed by atoms with Gasteiger partial charge < -0.3 is 9.80 Å². The summed E-state index contributed by atoms with van der Waals surface area (Å²) in [5, 5.41) is 0.478. The molecule has 2 aliphatic heterocycles. The summed E-state index contributed by atoms with van der Waals surface area (Å²) in [7, 11) is -3.71. The van der Waals surface area contributed by atoms with Gasteiger partial charge in [-0.3, -0.25) is 9.59 Å². The van der Waals surface area contributed by atoms with E-state index < -0.39 is 15.4 Å². The molecular weight excluding hydrogens is 461 g/mol. The van der Waals surface area contributed by atoms with Crippen LogP contribution in [0.2, 0.25) is 10.0 Å². The summed E-state index contributed by atoms with van der Waals surface area (Å²) < 4.78 is 27.2. The lowest BCUT2D eigenvalue weighted by Crippen LogP contribution is -2.54. The molecule has 1 unspecified atom stereocenters. The summed E-state index contributed by atoms with van der Waals surface area (Å²) in [5.74, 6) is -0.182. The Morgan fingerprint density at radius 2 is 1.61 bits per heavy atom. The fourth-order valence-corrected chi connectivity index (χ4v) is 5.84. The number of rotatable bonds is 3. The molecule has 3 rings (SSSR count). The lowest BCUT2D eigenvalue weighted by Gasteiger charge is -2.39. The molecule has 1 atom stereocenters. The minimum atomic E-state index is -3.71. The highest BCUT2D eigenvalue weighted by atomic mass is 35.5. The molecule has 2 amide bonds. The first kappa shape index (κ1) is 24.3. The zero-order valence-corrected chi connectivity index (χ0v) is 20.4. The predicted molar refractivity (Wildman–Crippen MR) is 121 cm³/mol. The third-order valence-corrected chi connectivity index (χ3v) is 8.41. The van der Waals surface area contributed by atoms with Crippen molar-refractivity contribution in [3.05, 3.63) is 28.2 Å². The Balaban J connectivity index is 1.62. The fraction of sp³-hybridized carbons (Fsp3) is 0.619. The van der Waals surface area contributed by atoms with Crippen LogP contribution in [0.5, 0.6) is 0 Å². The van der Waals surface area contributed by atoms with Crippen LogP contribution in [0.4, 0.5) is 0 Å². The Labute approximate surface area is 194 Å². The van der Waals surface area contributed by atoms with Gasteiger partial charge in [-0.2, -0.15) is 4.31 Å². The van der Waals surface area contributed by atoms with Gasteiger partial charge in [-0.05, 0) is 31.0 Å². The standard InChI is InChI=1S/C21H29Cl2N3O4S/c1-21(2,3)20(28)25-8-4-5-15(14-25)19(27)24-9-11-26(12-10-24)31(29,30)16-6-7-17(22)18(23)13-16/h6-7,13,15H,4-5,8-12,14H2,1-3H3. The van der Waals surface area contributed by atoms with E-state index in [9.17, 15) is 18.0 Å². The molecule has 0 saturated carbocycles. The van der Waals surface area contributed by atoms with E-state index in [1.165, 1.54) is 22.5 Å². The second-order valence-electron chi connectivity index (χ2n) is 9.15. The van der Waals surface area contributed by atoms with Crippen molar-refractivity contribution in [2.24, 2.45) is 11.3 Å². The van der Waals surface area contributed by atoms with Gasteiger partial charge in [0.25, 0.3) is 0 Å². The minimum absolute atomic E-state index is 0.00186. The number of piperidine rings is 1. The van der Waals surface area contributed by atoms with Gasteiger partial charge in [0.1, 0.15) is 0 Å². The lowest BCUT2D eigenvalue weighted by atomic mass is 9.90. The predicted octanol–water partition coefficient (Wildman–Crippen LogP) is 3.11. The molecule has 0 aromatic heterocycles. The molecule has 172 valence electrons. The highest BCUT2D eigenvalue weighted by molar-refractivity contribution is 7.89. The number of benzene rings is 1. The van der Waals surface area contributed by atoms with Crippen molar-refractivity contribution < 1.29 is 18.0 Å². The molecule has 0 aliphatic carbocycles. The first-order valence-electron chi connectivity index (χ1n) is 10.4. The smallest absolute Gasteiger partial charge is 0.243 e. The van der Waals surface area contributed by atoms with Gasteiger partial charge in [-0.25, -0.2) is 8.42 Å². The van der Waals surface area contributed by atoms with Gasteiger partial charge in [0.05, 0.1) is 20.9 Å². The quantitative estimate of drug-likeness (QED) is 0.653. The maximum atomic E-state index is 13.1. The number of halogens is 2. The van der Waals surface area contributed by atoms with Crippen LogP contribution >= 0.6 is 23.2 Å². The summed E-state index contributed by atoms with van der Waals surface area (Å²) in [5.41, 5.74) is -0.477. The van der Waals surface area contributed by atoms with Crippen molar-refractivity contribution in [1.29, 1.82) is 0 Å². The second kappa shape index (κ2) is 9.25. The molecule has 2 fully saturated rings. The van der Waals surface area contributed by atoms with Crippen LogP contribution in [0, 0.1) is 11.3 Å². The molecule has 2 aliphatic rings. The molecule has 0 radical (unpaired) electrons. The van der Waals surface area contributed by atoms with Crippen molar-refractivity contribution in [2.75, 3.05) is 39.3 Å². The summed E-state index contributed by atoms with van der Waals surface area (Å²) in [6.07, 6.45) is 1.54. The van der Waals surface area contributed by atoms with E-state index in [0.717, 1.165) is 12.8 Å². The Morgan fingerprint density at radius 1 is 0.968 bits per heavy atom. The van der Waals surface area contributed by atoms with Crippen molar-refractivity contribution in [1.82, 2.24) is 14.1 Å². The van der Waals surface area contributed by atoms with E-state index in [1.54, 1.807) is 9.80 Å². The van der Waals surface area contributed by atoms with Crippen molar-refractivity contribution in [3.8, 4) is 0 Å². The molecule has 0 bridgehead atoms. The van der Waals surface area contributed by atoms with Crippen LogP contribution < -0.4 is 0 Å². The molecule has 2 heterocycles. The number of hydrogen-bond acceptors (Lipinski definition) is 4. The normalized spacial score (nSPS) is 21.3. The Hall–Kier alpha value is -1.35. The number of hydrogen-bond donors (Lipinski definition) is 0. The average Bonchev–Trinajstić information content (AvgIpc) is 2.74. The number of carbonyl (C=O) groups is 2. The zero-order chi connectivity index (χ0) is 23.0. The zero-order valence-electron chi connectivity index (χ0n) is 18.1. The first-order valence-corrected chi connectivity index (χ1v) is 12.6. The number of amides is 2. The van der Waals surface area contributed by atoms with Crippen LogP contribution in [-0.4, -0.2) is 73.6 Å². The van der Waals surface area contributed by atoms with Crippen LogP contribution in [0.1, 0.15) is 33.6 Å². The van der Waals surface area contributed by atoms with Gasteiger partial charge in [0, 0.05) is 44.7 Å². The van der Waals surface area contributed by atoms with Crippen molar-refractivity contribution in [3.63, 3.8) is 0 Å². The van der Waals surface area contributed by atoms with E-state index in [0.29, 0.717) is 31.2 Å². The van der Waals surface area contributed by atoms with Gasteiger partial charge >= 0.3 is 0 Å². The lowest BCUT2D eigenvalue weighted by molar-refractivity contribution is -0.145. The van der Waals surface area contributed by atoms with E-state index in [1.807, 2.05) is 20.8 Å². The summed E-state index contributed by atoms with van der Waals surface area (Å²) in [4.78, 5) is 29.3. The van der Waals surface area contributed by atoms with E-state index in [-0.39, 0.29) is 40.7 Å². The number of sulfonamides is 1. The molecule has 1 aromatic carbocycles. The molecule has 0 N–H and O–H groups in total. The number of nitrogens with zero attached hydrogens (tertiary/aromatic N) is 3. The molecule has 0 spiro atoms. The van der Waals surface area contributed by atoms with Crippen LogP contribution in [-0.2, 0) is 19.6 Å². The largest absolute Gasteiger partial charge is 0.341 e. The maximum Gasteiger partial charge on any atom is 0.243 e. The van der Waals surface area contributed by atoms with Crippen molar-refractivity contribution in [2.45, 2.75) is 38.5 Å². The molecule has 10 heteroatoms. The summed E-state index contributed by atoms with van der Waals surface area (Å²) in [6, 6.07) is 4.24. The van der Waals surface area contributed by atoms with Crippen LogP contribution in [0.15, 0.2) is 23.1 Å². The monoisotopic (exact) mass is 489 g/mol. The molecule has 7 nitrogen and oxygen atoms in total. The Bertz CT molecular complexity index is 954. The number of piperazine rings is 1. The van der Waals surface area contributed by atoms with Crippen LogP contribution in [0.3, 0.4) is 0 Å². The van der Waals surface area contributed by atoms with Gasteiger partial charge in [0.2, 0.25) is 21.8 Å². The van der Waals surface area contributed by atoms with Gasteiger partial charge in [0.15, 0.2) is 0 Å². The summed E-state index contributed by atoms with van der Waals surface area (Å²) in [6.45, 7) is 7.83. The molecule has 1 aromatic rings. The van der Waals surface area contributed by atoms with Gasteiger partial charge in [-0.15, -0.1) is 0 Å². The Morgan fingerprint density at radius 3 is 2.19 bits per heavy atom. The van der Waals surface area contributed by atoms with Crippen LogP contribution in [0.25, 0.3) is 0 Å². The highest BCUT2D eigenvalue weighted by Gasteiger charge is 2.37. The first-order chi connectivity index (χ1) is 14.4. The molecule has 2 saturated heterocycles. The third kappa shape index (κ3) is 5.35. The topological polar surface area (TPSA) is 78.0 Å². The molecule has 31 heavy (non-hydrogen) atoms. The van der Waals surface area contributed by atoms with E-state index >= 15 is 0 Å². The minimum Gasteiger partial charge on any atom is -0.341 e. The Kier molecular flexibility index (Phi) is 7.25. The fourth-order valence-electron chi connectivity index (χ4n) is 4.03. The van der Waals surface area contributed by atoms with E-state index in [2.05, 4.69) is 0 Å². The van der Waals surface area contributed by atoms with E-state index in [4.69, 9.17) is 23.2 Å². The maximum absolute atomic E-state index is 13.1. The number of carbonyl (C=O) groups excluding carboxylic acids is 2. The average molecular weight is 490 g/mol. The highest BCUT2D eigenvalue weighted by Crippen LogP contribution is 2.28. The summed E-state index contributed by atoms with van der Waals surface area (Å²) >= 11 is 11.9. The van der Waals surface area contributed by atoms with Gasteiger partial charge in [-0.1, -0.05) is 44.0 Å². The third-order valence-electron chi connectivity index (χ3n) is 5.78. The second-order valence-corrected chi connectivity index (χ2v) is 11.9. The van der Waals surface area contributed by atoms with Crippen molar-refractivity contribution >= 4 is 45.0 Å². The number of likely N-dealkylation sites (tertiary alicyclic amines) is 1. The molecular formula is C21H29Cl2N3O4S.